The van der Waals surface area contributed by atoms with Gasteiger partial charge in [0.05, 0.1) is 11.8 Å². The summed E-state index contributed by atoms with van der Waals surface area (Å²) in [5.74, 6) is -1.24. The predicted molar refractivity (Wildman–Crippen MR) is 88.8 cm³/mol. The Morgan fingerprint density at radius 3 is 2.36 bits per heavy atom. The summed E-state index contributed by atoms with van der Waals surface area (Å²) in [7, 11) is 0. The van der Waals surface area contributed by atoms with Crippen molar-refractivity contribution in [1.82, 2.24) is 15.4 Å². The molecule has 2 N–H and O–H groups in total. The van der Waals surface area contributed by atoms with E-state index < -0.39 is 11.8 Å². The summed E-state index contributed by atoms with van der Waals surface area (Å²) in [6, 6.07) is 10.8. The molecule has 0 saturated heterocycles. The minimum absolute atomic E-state index is 0.0945. The molecule has 0 spiro atoms. The van der Waals surface area contributed by atoms with Gasteiger partial charge in [0.15, 0.2) is 5.76 Å². The van der Waals surface area contributed by atoms with Crippen molar-refractivity contribution in [2.75, 3.05) is 0 Å². The molecule has 7 heteroatoms. The van der Waals surface area contributed by atoms with Crippen LogP contribution in [0, 0.1) is 19.7 Å². The number of hydrogen-bond donors (Lipinski definition) is 2. The molecule has 2 aromatic heterocycles. The van der Waals surface area contributed by atoms with Crippen molar-refractivity contribution in [2.24, 2.45) is 0 Å². The summed E-state index contributed by atoms with van der Waals surface area (Å²) in [5.41, 5.74) is 7.29. The van der Waals surface area contributed by atoms with Crippen molar-refractivity contribution in [3.8, 4) is 5.69 Å². The van der Waals surface area contributed by atoms with Gasteiger partial charge in [-0.3, -0.25) is 20.4 Å². The normalized spacial score (nSPS) is 10.5. The first-order valence-electron chi connectivity index (χ1n) is 7.56. The van der Waals surface area contributed by atoms with Crippen molar-refractivity contribution in [3.05, 3.63) is 77.3 Å². The van der Waals surface area contributed by atoms with Crippen LogP contribution < -0.4 is 10.9 Å². The van der Waals surface area contributed by atoms with Gasteiger partial charge in [-0.2, -0.15) is 0 Å². The lowest BCUT2D eigenvalue weighted by atomic mass is 10.2. The summed E-state index contributed by atoms with van der Waals surface area (Å²) in [6.07, 6.45) is 1.37. The number of carbonyl (C=O) groups is 2. The molecule has 0 saturated carbocycles. The summed E-state index contributed by atoms with van der Waals surface area (Å²) in [4.78, 5) is 24.2. The van der Waals surface area contributed by atoms with Crippen molar-refractivity contribution in [3.63, 3.8) is 0 Å². The number of hydrazine groups is 1. The van der Waals surface area contributed by atoms with Crippen LogP contribution in [0.3, 0.4) is 0 Å². The van der Waals surface area contributed by atoms with Gasteiger partial charge in [-0.05, 0) is 56.3 Å². The molecule has 0 unspecified atom stereocenters. The molecule has 0 aliphatic carbocycles. The maximum Gasteiger partial charge on any atom is 0.305 e. The van der Waals surface area contributed by atoms with E-state index >= 15 is 0 Å². The molecule has 0 bridgehead atoms. The fourth-order valence-electron chi connectivity index (χ4n) is 2.63. The van der Waals surface area contributed by atoms with E-state index in [1.165, 1.54) is 24.5 Å². The van der Waals surface area contributed by atoms with Gasteiger partial charge >= 0.3 is 5.91 Å². The number of nitrogens with zero attached hydrogens (tertiary/aromatic N) is 1. The van der Waals surface area contributed by atoms with Gasteiger partial charge in [-0.1, -0.05) is 0 Å². The van der Waals surface area contributed by atoms with Crippen LogP contribution in [0.5, 0.6) is 0 Å². The average Bonchev–Trinajstić information content (AvgIpc) is 3.22. The topological polar surface area (TPSA) is 76.3 Å². The average molecular weight is 341 g/mol. The Labute approximate surface area is 143 Å². The molecule has 3 rings (SSSR count). The van der Waals surface area contributed by atoms with Gasteiger partial charge < -0.3 is 8.98 Å². The number of rotatable bonds is 3. The molecule has 2 amide bonds. The first-order valence-corrected chi connectivity index (χ1v) is 7.56. The number of nitrogens with one attached hydrogen (secondary N) is 2. The van der Waals surface area contributed by atoms with Crippen molar-refractivity contribution in [2.45, 2.75) is 13.8 Å². The highest BCUT2D eigenvalue weighted by Gasteiger charge is 2.18. The Hall–Kier alpha value is -3.35. The summed E-state index contributed by atoms with van der Waals surface area (Å²) >= 11 is 0. The SMILES string of the molecule is Cc1cc(C(=O)NNC(=O)c2ccco2)c(C)n1-c1ccc(F)cc1. The van der Waals surface area contributed by atoms with Crippen LogP contribution in [0.2, 0.25) is 0 Å². The second-order valence-corrected chi connectivity index (χ2v) is 5.48. The van der Waals surface area contributed by atoms with Gasteiger partial charge in [-0.15, -0.1) is 0 Å². The molecule has 0 aliphatic heterocycles. The molecule has 128 valence electrons. The molecule has 0 atom stereocenters. The van der Waals surface area contributed by atoms with Crippen molar-refractivity contribution < 1.29 is 18.4 Å². The third-order valence-corrected chi connectivity index (χ3v) is 3.80. The second kappa shape index (κ2) is 6.64. The number of benzene rings is 1. The number of aromatic nitrogens is 1. The monoisotopic (exact) mass is 341 g/mol. The van der Waals surface area contributed by atoms with Crippen LogP contribution in [0.15, 0.2) is 53.1 Å². The lowest BCUT2D eigenvalue weighted by Crippen LogP contribution is -2.41. The summed E-state index contributed by atoms with van der Waals surface area (Å²) in [5, 5.41) is 0. The number of halogens is 1. The second-order valence-electron chi connectivity index (χ2n) is 5.48. The largest absolute Gasteiger partial charge is 0.459 e. The maximum atomic E-state index is 13.1. The highest BCUT2D eigenvalue weighted by atomic mass is 19.1. The minimum atomic E-state index is -0.550. The maximum absolute atomic E-state index is 13.1. The minimum Gasteiger partial charge on any atom is -0.459 e. The van der Waals surface area contributed by atoms with Crippen LogP contribution in [-0.2, 0) is 0 Å². The highest BCUT2D eigenvalue weighted by molar-refractivity contribution is 5.99. The van der Waals surface area contributed by atoms with Crippen LogP contribution >= 0.6 is 0 Å². The van der Waals surface area contributed by atoms with Crippen LogP contribution in [0.1, 0.15) is 32.3 Å². The number of furan rings is 1. The molecule has 25 heavy (non-hydrogen) atoms. The lowest BCUT2D eigenvalue weighted by molar-refractivity contribution is 0.0830. The van der Waals surface area contributed by atoms with Crippen molar-refractivity contribution in [1.29, 1.82) is 0 Å². The van der Waals surface area contributed by atoms with E-state index in [0.29, 0.717) is 11.3 Å². The fourth-order valence-corrected chi connectivity index (χ4v) is 2.63. The molecule has 2 heterocycles. The zero-order valence-electron chi connectivity index (χ0n) is 13.7. The number of amides is 2. The van der Waals surface area contributed by atoms with E-state index in [1.807, 2.05) is 11.5 Å². The Morgan fingerprint density at radius 1 is 1.04 bits per heavy atom. The van der Waals surface area contributed by atoms with Crippen molar-refractivity contribution >= 4 is 11.8 Å². The van der Waals surface area contributed by atoms with E-state index in [2.05, 4.69) is 10.9 Å². The summed E-state index contributed by atoms with van der Waals surface area (Å²) < 4.78 is 19.9. The molecule has 6 nitrogen and oxygen atoms in total. The quantitative estimate of drug-likeness (QED) is 0.719. The van der Waals surface area contributed by atoms with Gasteiger partial charge in [0.25, 0.3) is 5.91 Å². The van der Waals surface area contributed by atoms with E-state index in [9.17, 15) is 14.0 Å². The number of aryl methyl sites for hydroxylation is 1. The Balaban J connectivity index is 1.78. The Kier molecular flexibility index (Phi) is 4.38. The molecular weight excluding hydrogens is 325 g/mol. The third kappa shape index (κ3) is 3.30. The molecule has 0 aliphatic rings. The molecule has 3 aromatic rings. The zero-order chi connectivity index (χ0) is 18.0. The van der Waals surface area contributed by atoms with Gasteiger partial charge in [0, 0.05) is 17.1 Å². The highest BCUT2D eigenvalue weighted by Crippen LogP contribution is 2.21. The zero-order valence-corrected chi connectivity index (χ0v) is 13.7. The van der Waals surface area contributed by atoms with Crippen LogP contribution in [0.25, 0.3) is 5.69 Å². The number of carbonyl (C=O) groups excluding carboxylic acids is 2. The first kappa shape index (κ1) is 16.5. The van der Waals surface area contributed by atoms with E-state index in [1.54, 1.807) is 31.2 Å². The molecular formula is C18H16FN3O3. The van der Waals surface area contributed by atoms with E-state index in [-0.39, 0.29) is 11.6 Å². The fraction of sp³-hybridized carbons (Fsp3) is 0.111. The van der Waals surface area contributed by atoms with Crippen LogP contribution in [0.4, 0.5) is 4.39 Å². The van der Waals surface area contributed by atoms with Crippen LogP contribution in [-0.4, -0.2) is 16.4 Å². The van der Waals surface area contributed by atoms with E-state index in [4.69, 9.17) is 4.42 Å². The van der Waals surface area contributed by atoms with Gasteiger partial charge in [-0.25, -0.2) is 4.39 Å². The molecule has 0 fully saturated rings. The summed E-state index contributed by atoms with van der Waals surface area (Å²) in [6.45, 7) is 3.62. The molecule has 1 aromatic carbocycles. The van der Waals surface area contributed by atoms with Gasteiger partial charge in [0.2, 0.25) is 0 Å². The standard InChI is InChI=1S/C18H16FN3O3/c1-11-10-15(12(2)22(11)14-7-5-13(19)6-8-14)17(23)20-21-18(24)16-4-3-9-25-16/h3-10H,1-2H3,(H,20,23)(H,21,24). The van der Waals surface area contributed by atoms with E-state index in [0.717, 1.165) is 11.4 Å². The number of hydrogen-bond acceptors (Lipinski definition) is 3. The van der Waals surface area contributed by atoms with Gasteiger partial charge in [0.1, 0.15) is 5.82 Å². The smallest absolute Gasteiger partial charge is 0.305 e. The Morgan fingerprint density at radius 2 is 1.72 bits per heavy atom. The third-order valence-electron chi connectivity index (χ3n) is 3.80. The lowest BCUT2D eigenvalue weighted by Gasteiger charge is -2.10. The molecule has 0 radical (unpaired) electrons. The predicted octanol–water partition coefficient (Wildman–Crippen LogP) is 2.90. The first-order chi connectivity index (χ1) is 12.0. The Bertz CT molecular complexity index is 912.